The van der Waals surface area contributed by atoms with Crippen LogP contribution in [0, 0.1) is 0 Å². The lowest BCUT2D eigenvalue weighted by Gasteiger charge is -2.28. The largest absolute Gasteiger partial charge is 0.389 e. The van der Waals surface area contributed by atoms with Crippen LogP contribution in [0.15, 0.2) is 48.5 Å². The van der Waals surface area contributed by atoms with E-state index in [4.69, 9.17) is 0 Å². The monoisotopic (exact) mass is 267 g/mol. The smallest absolute Gasteiger partial charge is 0.0782 e. The number of hydrogen-bond donors (Lipinski definition) is 1. The van der Waals surface area contributed by atoms with Crippen molar-refractivity contribution in [2.45, 2.75) is 32.3 Å². The number of para-hydroxylation sites is 2. The zero-order valence-corrected chi connectivity index (χ0v) is 11.9. The van der Waals surface area contributed by atoms with Gasteiger partial charge in [-0.1, -0.05) is 36.4 Å². The fourth-order valence-electron chi connectivity index (χ4n) is 3.03. The van der Waals surface area contributed by atoms with E-state index in [-0.39, 0.29) is 0 Å². The number of nitrogens with zero attached hydrogens (tertiary/aromatic N) is 1. The van der Waals surface area contributed by atoms with Crippen molar-refractivity contribution in [1.29, 1.82) is 0 Å². The molecule has 1 N–H and O–H groups in total. The topological polar surface area (TPSA) is 23.5 Å². The number of anilines is 2. The minimum absolute atomic E-state index is 0.443. The molecule has 2 aromatic carbocycles. The summed E-state index contributed by atoms with van der Waals surface area (Å²) in [5, 5.41) is 10.0. The summed E-state index contributed by atoms with van der Waals surface area (Å²) in [5.41, 5.74) is 4.84. The van der Waals surface area contributed by atoms with Crippen LogP contribution in [0.4, 0.5) is 11.4 Å². The van der Waals surface area contributed by atoms with E-state index in [2.05, 4.69) is 41.3 Å². The summed E-state index contributed by atoms with van der Waals surface area (Å²) in [6.07, 6.45) is 3.11. The van der Waals surface area contributed by atoms with Crippen molar-refractivity contribution in [2.24, 2.45) is 0 Å². The Hall–Kier alpha value is -1.80. The van der Waals surface area contributed by atoms with E-state index in [1.165, 1.54) is 24.1 Å². The first-order chi connectivity index (χ1) is 9.77. The first-order valence-corrected chi connectivity index (χ1v) is 7.40. The molecule has 3 rings (SSSR count). The maximum absolute atomic E-state index is 10.0. The molecule has 0 bridgehead atoms. The quantitative estimate of drug-likeness (QED) is 0.881. The number of fused-ring (bicyclic) bond motifs is 1. The Labute approximate surface area is 120 Å². The molecule has 0 aromatic heterocycles. The van der Waals surface area contributed by atoms with Gasteiger partial charge in [0.25, 0.3) is 0 Å². The van der Waals surface area contributed by atoms with Gasteiger partial charge in [-0.15, -0.1) is 0 Å². The van der Waals surface area contributed by atoms with Gasteiger partial charge in [0.15, 0.2) is 0 Å². The van der Waals surface area contributed by atoms with Crippen molar-refractivity contribution in [3.63, 3.8) is 0 Å². The number of aliphatic hydroxyl groups excluding tert-OH is 1. The van der Waals surface area contributed by atoms with Crippen LogP contribution in [0.3, 0.4) is 0 Å². The molecule has 20 heavy (non-hydrogen) atoms. The number of rotatable bonds is 2. The molecule has 0 fully saturated rings. The van der Waals surface area contributed by atoms with Crippen molar-refractivity contribution in [3.8, 4) is 0 Å². The third kappa shape index (κ3) is 2.44. The molecule has 104 valence electrons. The van der Waals surface area contributed by atoms with Gasteiger partial charge in [0.2, 0.25) is 0 Å². The lowest BCUT2D eigenvalue weighted by atomic mass is 10.0. The fourth-order valence-corrected chi connectivity index (χ4v) is 3.03. The highest BCUT2D eigenvalue weighted by molar-refractivity contribution is 5.70. The predicted octanol–water partition coefficient (Wildman–Crippen LogP) is 4.21. The van der Waals surface area contributed by atoms with E-state index in [0.717, 1.165) is 24.2 Å². The Balaban J connectivity index is 2.10. The van der Waals surface area contributed by atoms with Crippen molar-refractivity contribution >= 4 is 11.4 Å². The second kappa shape index (κ2) is 5.68. The summed E-state index contributed by atoms with van der Waals surface area (Å²) in [7, 11) is 0. The van der Waals surface area contributed by atoms with Gasteiger partial charge in [-0.25, -0.2) is 0 Å². The lowest BCUT2D eigenvalue weighted by molar-refractivity contribution is 0.199. The zero-order valence-electron chi connectivity index (χ0n) is 11.9. The highest BCUT2D eigenvalue weighted by Crippen LogP contribution is 2.36. The van der Waals surface area contributed by atoms with Gasteiger partial charge >= 0.3 is 0 Å². The van der Waals surface area contributed by atoms with Crippen molar-refractivity contribution < 1.29 is 5.11 Å². The molecule has 0 saturated carbocycles. The molecule has 2 nitrogen and oxygen atoms in total. The molecule has 0 radical (unpaired) electrons. The number of aliphatic hydroxyl groups is 1. The SMILES string of the molecule is CC(O)c1ccccc1N1CCCCc2ccccc21. The summed E-state index contributed by atoms with van der Waals surface area (Å²) in [6.45, 7) is 2.85. The van der Waals surface area contributed by atoms with Crippen LogP contribution in [-0.4, -0.2) is 11.7 Å². The molecule has 0 saturated heterocycles. The maximum atomic E-state index is 10.0. The van der Waals surface area contributed by atoms with Gasteiger partial charge in [0, 0.05) is 23.5 Å². The van der Waals surface area contributed by atoms with Crippen LogP contribution in [0.5, 0.6) is 0 Å². The Bertz CT molecular complexity index is 591. The van der Waals surface area contributed by atoms with Gasteiger partial charge in [0.1, 0.15) is 0 Å². The number of aryl methyl sites for hydroxylation is 1. The van der Waals surface area contributed by atoms with Gasteiger partial charge in [-0.3, -0.25) is 0 Å². The zero-order chi connectivity index (χ0) is 13.9. The first kappa shape index (κ1) is 13.2. The molecular formula is C18H21NO. The third-order valence-corrected chi connectivity index (χ3v) is 4.04. The molecule has 0 amide bonds. The number of benzene rings is 2. The van der Waals surface area contributed by atoms with Gasteiger partial charge in [-0.2, -0.15) is 0 Å². The van der Waals surface area contributed by atoms with E-state index in [9.17, 15) is 5.11 Å². The van der Waals surface area contributed by atoms with Crippen LogP contribution in [-0.2, 0) is 6.42 Å². The second-order valence-electron chi connectivity index (χ2n) is 5.47. The summed E-state index contributed by atoms with van der Waals surface area (Å²) >= 11 is 0. The number of hydrogen-bond acceptors (Lipinski definition) is 2. The normalized spacial score (nSPS) is 16.4. The highest BCUT2D eigenvalue weighted by Gasteiger charge is 2.19. The molecule has 0 aliphatic carbocycles. The van der Waals surface area contributed by atoms with E-state index >= 15 is 0 Å². The summed E-state index contributed by atoms with van der Waals surface area (Å²) in [5.74, 6) is 0. The molecule has 1 heterocycles. The minimum Gasteiger partial charge on any atom is -0.389 e. The standard InChI is InChI=1S/C18H21NO/c1-14(20)16-10-3-5-12-18(16)19-13-7-6-9-15-8-2-4-11-17(15)19/h2-5,8,10-12,14,20H,6-7,9,13H2,1H3. The summed E-state index contributed by atoms with van der Waals surface area (Å²) < 4.78 is 0. The van der Waals surface area contributed by atoms with Gasteiger partial charge in [-0.05, 0) is 43.9 Å². The second-order valence-corrected chi connectivity index (χ2v) is 5.47. The molecular weight excluding hydrogens is 246 g/mol. The van der Waals surface area contributed by atoms with E-state index in [0.29, 0.717) is 0 Å². The van der Waals surface area contributed by atoms with Crippen molar-refractivity contribution in [3.05, 3.63) is 59.7 Å². The Morgan fingerprint density at radius 1 is 0.950 bits per heavy atom. The summed E-state index contributed by atoms with van der Waals surface area (Å²) in [6, 6.07) is 16.8. The molecule has 2 heteroatoms. The van der Waals surface area contributed by atoms with Crippen molar-refractivity contribution in [2.75, 3.05) is 11.4 Å². The average molecular weight is 267 g/mol. The van der Waals surface area contributed by atoms with Crippen LogP contribution < -0.4 is 4.90 Å². The third-order valence-electron chi connectivity index (χ3n) is 4.04. The lowest BCUT2D eigenvalue weighted by Crippen LogP contribution is -2.19. The molecule has 1 aliphatic heterocycles. The Morgan fingerprint density at radius 3 is 2.45 bits per heavy atom. The van der Waals surface area contributed by atoms with Gasteiger partial charge in [0.05, 0.1) is 6.10 Å². The Morgan fingerprint density at radius 2 is 1.65 bits per heavy atom. The van der Waals surface area contributed by atoms with Crippen LogP contribution in [0.25, 0.3) is 0 Å². The maximum Gasteiger partial charge on any atom is 0.0782 e. The highest BCUT2D eigenvalue weighted by atomic mass is 16.3. The van der Waals surface area contributed by atoms with Crippen LogP contribution in [0.2, 0.25) is 0 Å². The Kier molecular flexibility index (Phi) is 3.75. The van der Waals surface area contributed by atoms with E-state index in [1.54, 1.807) is 0 Å². The van der Waals surface area contributed by atoms with E-state index in [1.807, 2.05) is 19.1 Å². The first-order valence-electron chi connectivity index (χ1n) is 7.40. The minimum atomic E-state index is -0.443. The molecule has 0 spiro atoms. The van der Waals surface area contributed by atoms with Crippen LogP contribution >= 0.6 is 0 Å². The summed E-state index contributed by atoms with van der Waals surface area (Å²) in [4.78, 5) is 2.37. The van der Waals surface area contributed by atoms with Gasteiger partial charge < -0.3 is 10.0 Å². The molecule has 1 atom stereocenters. The van der Waals surface area contributed by atoms with Crippen molar-refractivity contribution in [1.82, 2.24) is 0 Å². The predicted molar refractivity (Wildman–Crippen MR) is 83.5 cm³/mol. The molecule has 2 aromatic rings. The molecule has 1 unspecified atom stereocenters. The van der Waals surface area contributed by atoms with E-state index < -0.39 is 6.10 Å². The molecule has 1 aliphatic rings. The fraction of sp³-hybridized carbons (Fsp3) is 0.333. The van der Waals surface area contributed by atoms with Crippen LogP contribution in [0.1, 0.15) is 37.0 Å². The average Bonchev–Trinajstić information content (AvgIpc) is 2.69.